The van der Waals surface area contributed by atoms with Crippen LogP contribution in [0.15, 0.2) is 30.4 Å². The van der Waals surface area contributed by atoms with Crippen LogP contribution >= 0.6 is 11.6 Å². The standard InChI is InChI=1S/C14H17ClN2/c1-4-11-5-6-13-12(7-11)16-14(8-15)17(13)9-10(2)3/h5-7H,2,4,8-9H2,1,3H3. The van der Waals surface area contributed by atoms with E-state index in [1.807, 2.05) is 6.92 Å². The van der Waals surface area contributed by atoms with Gasteiger partial charge in [-0.3, -0.25) is 0 Å². The van der Waals surface area contributed by atoms with Crippen molar-refractivity contribution in [2.75, 3.05) is 0 Å². The second-order valence-electron chi connectivity index (χ2n) is 4.38. The van der Waals surface area contributed by atoms with Crippen LogP contribution in [0.25, 0.3) is 11.0 Å². The summed E-state index contributed by atoms with van der Waals surface area (Å²) in [5, 5.41) is 0. The van der Waals surface area contributed by atoms with Gasteiger partial charge in [-0.2, -0.15) is 0 Å². The maximum atomic E-state index is 5.95. The Morgan fingerprint density at radius 3 is 2.82 bits per heavy atom. The summed E-state index contributed by atoms with van der Waals surface area (Å²) in [6, 6.07) is 6.41. The van der Waals surface area contributed by atoms with Crippen molar-refractivity contribution in [1.29, 1.82) is 0 Å². The fraction of sp³-hybridized carbons (Fsp3) is 0.357. The van der Waals surface area contributed by atoms with E-state index in [9.17, 15) is 0 Å². The molecule has 1 heterocycles. The van der Waals surface area contributed by atoms with Crippen molar-refractivity contribution in [2.24, 2.45) is 0 Å². The lowest BCUT2D eigenvalue weighted by Gasteiger charge is -2.07. The average molecular weight is 249 g/mol. The van der Waals surface area contributed by atoms with Crippen molar-refractivity contribution in [1.82, 2.24) is 9.55 Å². The van der Waals surface area contributed by atoms with E-state index in [2.05, 4.69) is 41.3 Å². The number of imidazole rings is 1. The molecule has 0 aliphatic carbocycles. The summed E-state index contributed by atoms with van der Waals surface area (Å²) in [5.41, 5.74) is 4.58. The molecule has 1 aromatic carbocycles. The quantitative estimate of drug-likeness (QED) is 0.593. The van der Waals surface area contributed by atoms with Gasteiger partial charge in [-0.25, -0.2) is 4.98 Å². The number of alkyl halides is 1. The van der Waals surface area contributed by atoms with Crippen LogP contribution in [0.3, 0.4) is 0 Å². The lowest BCUT2D eigenvalue weighted by molar-refractivity contribution is 0.768. The predicted molar refractivity (Wildman–Crippen MR) is 73.5 cm³/mol. The van der Waals surface area contributed by atoms with Gasteiger partial charge in [-0.05, 0) is 31.0 Å². The summed E-state index contributed by atoms with van der Waals surface area (Å²) in [7, 11) is 0. The summed E-state index contributed by atoms with van der Waals surface area (Å²) < 4.78 is 2.14. The first-order valence-electron chi connectivity index (χ1n) is 5.84. The van der Waals surface area contributed by atoms with Crippen LogP contribution in [0.5, 0.6) is 0 Å². The molecule has 2 rings (SSSR count). The Balaban J connectivity index is 2.59. The molecular weight excluding hydrogens is 232 g/mol. The number of hydrogen-bond donors (Lipinski definition) is 0. The smallest absolute Gasteiger partial charge is 0.125 e. The molecule has 0 unspecified atom stereocenters. The van der Waals surface area contributed by atoms with Crippen LogP contribution in [0, 0.1) is 0 Å². The first-order valence-corrected chi connectivity index (χ1v) is 6.37. The van der Waals surface area contributed by atoms with Crippen LogP contribution in [0.4, 0.5) is 0 Å². The number of benzene rings is 1. The SMILES string of the molecule is C=C(C)Cn1c(CCl)nc2cc(CC)ccc21. The molecule has 1 aromatic heterocycles. The van der Waals surface area contributed by atoms with Crippen LogP contribution < -0.4 is 0 Å². The summed E-state index contributed by atoms with van der Waals surface area (Å²) >= 11 is 5.95. The molecule has 90 valence electrons. The fourth-order valence-corrected chi connectivity index (χ4v) is 2.20. The second-order valence-corrected chi connectivity index (χ2v) is 4.65. The van der Waals surface area contributed by atoms with Gasteiger partial charge in [0.1, 0.15) is 5.82 Å². The molecule has 0 fully saturated rings. The first kappa shape index (κ1) is 12.2. The molecule has 0 saturated heterocycles. The van der Waals surface area contributed by atoms with Gasteiger partial charge in [0.15, 0.2) is 0 Å². The van der Waals surface area contributed by atoms with E-state index < -0.39 is 0 Å². The van der Waals surface area contributed by atoms with E-state index in [4.69, 9.17) is 11.6 Å². The minimum atomic E-state index is 0.434. The Bertz CT molecular complexity index is 555. The zero-order chi connectivity index (χ0) is 12.4. The highest BCUT2D eigenvalue weighted by Crippen LogP contribution is 2.20. The molecule has 0 amide bonds. The minimum absolute atomic E-state index is 0.434. The third-order valence-electron chi connectivity index (χ3n) is 2.85. The van der Waals surface area contributed by atoms with Crippen LogP contribution in [-0.2, 0) is 18.8 Å². The molecule has 0 spiro atoms. The highest BCUT2D eigenvalue weighted by atomic mass is 35.5. The van der Waals surface area contributed by atoms with Crippen molar-refractivity contribution < 1.29 is 0 Å². The van der Waals surface area contributed by atoms with Crippen molar-refractivity contribution >= 4 is 22.6 Å². The number of hydrogen-bond acceptors (Lipinski definition) is 1. The molecule has 2 aromatic rings. The van der Waals surface area contributed by atoms with E-state index in [1.165, 1.54) is 5.56 Å². The molecule has 0 radical (unpaired) electrons. The van der Waals surface area contributed by atoms with Gasteiger partial charge < -0.3 is 4.57 Å². The number of fused-ring (bicyclic) bond motifs is 1. The number of rotatable bonds is 4. The first-order chi connectivity index (χ1) is 8.15. The van der Waals surface area contributed by atoms with E-state index in [1.54, 1.807) is 0 Å². The molecule has 17 heavy (non-hydrogen) atoms. The summed E-state index contributed by atoms with van der Waals surface area (Å²) in [6.45, 7) is 8.90. The lowest BCUT2D eigenvalue weighted by Crippen LogP contribution is -2.02. The van der Waals surface area contributed by atoms with Crippen molar-refractivity contribution in [3.8, 4) is 0 Å². The number of nitrogens with zero attached hydrogens (tertiary/aromatic N) is 2. The van der Waals surface area contributed by atoms with Crippen molar-refractivity contribution in [3.05, 3.63) is 41.7 Å². The largest absolute Gasteiger partial charge is 0.323 e. The van der Waals surface area contributed by atoms with Gasteiger partial charge in [-0.15, -0.1) is 11.6 Å². The molecule has 2 nitrogen and oxygen atoms in total. The zero-order valence-corrected chi connectivity index (χ0v) is 11.1. The third kappa shape index (κ3) is 2.37. The lowest BCUT2D eigenvalue weighted by atomic mass is 10.1. The highest BCUT2D eigenvalue weighted by Gasteiger charge is 2.09. The van der Waals surface area contributed by atoms with Gasteiger partial charge >= 0.3 is 0 Å². The van der Waals surface area contributed by atoms with Gasteiger partial charge in [0, 0.05) is 6.54 Å². The maximum absolute atomic E-state index is 5.95. The summed E-state index contributed by atoms with van der Waals surface area (Å²) in [6.07, 6.45) is 1.03. The van der Waals surface area contributed by atoms with E-state index in [0.29, 0.717) is 5.88 Å². The predicted octanol–water partition coefficient (Wildman–Crippen LogP) is 3.91. The summed E-state index contributed by atoms with van der Waals surface area (Å²) in [4.78, 5) is 4.58. The molecule has 0 N–H and O–H groups in total. The Hall–Kier alpha value is -1.28. The van der Waals surface area contributed by atoms with Gasteiger partial charge in [0.05, 0.1) is 16.9 Å². The van der Waals surface area contributed by atoms with Crippen LogP contribution in [0.1, 0.15) is 25.2 Å². The van der Waals surface area contributed by atoms with Gasteiger partial charge in [-0.1, -0.05) is 25.1 Å². The molecule has 0 aliphatic heterocycles. The minimum Gasteiger partial charge on any atom is -0.323 e. The average Bonchev–Trinajstić information content (AvgIpc) is 2.65. The number of aromatic nitrogens is 2. The molecule has 3 heteroatoms. The van der Waals surface area contributed by atoms with Crippen molar-refractivity contribution in [2.45, 2.75) is 32.7 Å². The monoisotopic (exact) mass is 248 g/mol. The highest BCUT2D eigenvalue weighted by molar-refractivity contribution is 6.16. The topological polar surface area (TPSA) is 17.8 Å². The number of halogens is 1. The van der Waals surface area contributed by atoms with Crippen LogP contribution in [0.2, 0.25) is 0 Å². The Morgan fingerprint density at radius 2 is 2.24 bits per heavy atom. The Morgan fingerprint density at radius 1 is 1.47 bits per heavy atom. The van der Waals surface area contributed by atoms with Crippen molar-refractivity contribution in [3.63, 3.8) is 0 Å². The van der Waals surface area contributed by atoms with Gasteiger partial charge in [0.25, 0.3) is 0 Å². The number of aryl methyl sites for hydroxylation is 1. The fourth-order valence-electron chi connectivity index (χ4n) is 1.99. The molecular formula is C14H17ClN2. The molecule has 0 saturated carbocycles. The maximum Gasteiger partial charge on any atom is 0.125 e. The van der Waals surface area contributed by atoms with Crippen LogP contribution in [-0.4, -0.2) is 9.55 Å². The normalized spacial score (nSPS) is 11.0. The molecule has 0 aliphatic rings. The van der Waals surface area contributed by atoms with E-state index in [-0.39, 0.29) is 0 Å². The Kier molecular flexibility index (Phi) is 3.53. The van der Waals surface area contributed by atoms with E-state index in [0.717, 1.165) is 35.4 Å². The summed E-state index contributed by atoms with van der Waals surface area (Å²) in [5.74, 6) is 1.35. The Labute approximate surface area is 107 Å². The molecule has 0 atom stereocenters. The third-order valence-corrected chi connectivity index (χ3v) is 3.09. The van der Waals surface area contributed by atoms with Gasteiger partial charge in [0.2, 0.25) is 0 Å². The second kappa shape index (κ2) is 4.92. The zero-order valence-electron chi connectivity index (χ0n) is 10.3. The van der Waals surface area contributed by atoms with E-state index >= 15 is 0 Å². The number of allylic oxidation sites excluding steroid dienone is 1. The molecule has 0 bridgehead atoms.